The highest BCUT2D eigenvalue weighted by molar-refractivity contribution is 5.94. The van der Waals surface area contributed by atoms with Crippen LogP contribution in [0, 0.1) is 6.92 Å². The number of carbonyl (C=O) groups excluding carboxylic acids is 1. The third kappa shape index (κ3) is 2.82. The van der Waals surface area contributed by atoms with E-state index in [2.05, 4.69) is 5.32 Å². The van der Waals surface area contributed by atoms with E-state index in [0.717, 1.165) is 43.1 Å². The van der Waals surface area contributed by atoms with E-state index >= 15 is 0 Å². The summed E-state index contributed by atoms with van der Waals surface area (Å²) in [7, 11) is 0. The normalized spacial score (nSPS) is 15.6. The van der Waals surface area contributed by atoms with Crippen molar-refractivity contribution in [3.05, 3.63) is 29.3 Å². The summed E-state index contributed by atoms with van der Waals surface area (Å²) in [5, 5.41) is 3.24. The Bertz CT molecular complexity index is 426. The Morgan fingerprint density at radius 1 is 1.39 bits per heavy atom. The molecule has 4 heteroatoms. The molecule has 2 rings (SSSR count). The minimum Gasteiger partial charge on any atom is -0.494 e. The van der Waals surface area contributed by atoms with Gasteiger partial charge in [-0.1, -0.05) is 0 Å². The topological polar surface area (TPSA) is 41.6 Å². The lowest BCUT2D eigenvalue weighted by molar-refractivity contribution is 0.0735. The summed E-state index contributed by atoms with van der Waals surface area (Å²) in [6.45, 7) is 7.89. The van der Waals surface area contributed by atoms with E-state index in [4.69, 9.17) is 4.74 Å². The first-order chi connectivity index (χ1) is 8.72. The van der Waals surface area contributed by atoms with Gasteiger partial charge in [0.1, 0.15) is 5.75 Å². The number of amides is 1. The van der Waals surface area contributed by atoms with Crippen LogP contribution in [-0.2, 0) is 0 Å². The van der Waals surface area contributed by atoms with Crippen molar-refractivity contribution >= 4 is 5.91 Å². The Kier molecular flexibility index (Phi) is 4.20. The molecule has 1 amide bonds. The van der Waals surface area contributed by atoms with Gasteiger partial charge in [0.2, 0.25) is 0 Å². The first kappa shape index (κ1) is 12.9. The Morgan fingerprint density at radius 2 is 2.11 bits per heavy atom. The predicted molar refractivity (Wildman–Crippen MR) is 71.1 cm³/mol. The number of aryl methyl sites for hydroxylation is 1. The van der Waals surface area contributed by atoms with Crippen molar-refractivity contribution in [3.63, 3.8) is 0 Å². The molecular formula is C14H20N2O2. The number of hydrogen-bond acceptors (Lipinski definition) is 3. The summed E-state index contributed by atoms with van der Waals surface area (Å²) in [6.07, 6.45) is 0. The highest BCUT2D eigenvalue weighted by Gasteiger charge is 2.18. The molecule has 1 fully saturated rings. The second-order valence-electron chi connectivity index (χ2n) is 4.46. The standard InChI is InChI=1S/C14H20N2O2/c1-3-18-13-5-4-12(10-11(13)2)14(17)16-8-6-15-7-9-16/h4-5,10,15H,3,6-9H2,1-2H3. The molecule has 18 heavy (non-hydrogen) atoms. The van der Waals surface area contributed by atoms with Crippen LogP contribution in [0.4, 0.5) is 0 Å². The Labute approximate surface area is 108 Å². The van der Waals surface area contributed by atoms with Crippen LogP contribution in [0.25, 0.3) is 0 Å². The van der Waals surface area contributed by atoms with Gasteiger partial charge in [0.25, 0.3) is 5.91 Å². The Balaban J connectivity index is 2.12. The molecule has 0 saturated carbocycles. The second kappa shape index (κ2) is 5.87. The molecule has 1 N–H and O–H groups in total. The van der Waals surface area contributed by atoms with Gasteiger partial charge in [-0.2, -0.15) is 0 Å². The number of benzene rings is 1. The molecule has 1 saturated heterocycles. The number of hydrogen-bond donors (Lipinski definition) is 1. The lowest BCUT2D eigenvalue weighted by Gasteiger charge is -2.27. The molecule has 0 aromatic heterocycles. The van der Waals surface area contributed by atoms with Crippen LogP contribution >= 0.6 is 0 Å². The molecule has 1 aromatic rings. The van der Waals surface area contributed by atoms with Crippen LogP contribution in [-0.4, -0.2) is 43.6 Å². The van der Waals surface area contributed by atoms with Gasteiger partial charge in [0, 0.05) is 31.7 Å². The average molecular weight is 248 g/mol. The smallest absolute Gasteiger partial charge is 0.253 e. The van der Waals surface area contributed by atoms with Crippen molar-refractivity contribution in [2.45, 2.75) is 13.8 Å². The maximum Gasteiger partial charge on any atom is 0.253 e. The summed E-state index contributed by atoms with van der Waals surface area (Å²) in [6, 6.07) is 5.64. The largest absolute Gasteiger partial charge is 0.494 e. The molecule has 1 aliphatic heterocycles. The molecule has 0 unspecified atom stereocenters. The van der Waals surface area contributed by atoms with E-state index in [9.17, 15) is 4.79 Å². The number of carbonyl (C=O) groups is 1. The fraction of sp³-hybridized carbons (Fsp3) is 0.500. The van der Waals surface area contributed by atoms with Gasteiger partial charge in [-0.15, -0.1) is 0 Å². The third-order valence-electron chi connectivity index (χ3n) is 3.13. The third-order valence-corrected chi connectivity index (χ3v) is 3.13. The van der Waals surface area contributed by atoms with Gasteiger partial charge in [0.15, 0.2) is 0 Å². The zero-order chi connectivity index (χ0) is 13.0. The minimum absolute atomic E-state index is 0.114. The number of nitrogens with zero attached hydrogens (tertiary/aromatic N) is 1. The van der Waals surface area contributed by atoms with E-state index in [1.54, 1.807) is 0 Å². The van der Waals surface area contributed by atoms with Gasteiger partial charge in [0.05, 0.1) is 6.61 Å². The van der Waals surface area contributed by atoms with Crippen molar-refractivity contribution in [2.75, 3.05) is 32.8 Å². The Hall–Kier alpha value is -1.55. The molecule has 0 atom stereocenters. The first-order valence-corrected chi connectivity index (χ1v) is 6.46. The van der Waals surface area contributed by atoms with E-state index in [-0.39, 0.29) is 5.91 Å². The van der Waals surface area contributed by atoms with Crippen molar-refractivity contribution < 1.29 is 9.53 Å². The average Bonchev–Trinajstić information content (AvgIpc) is 2.41. The molecule has 0 spiro atoms. The van der Waals surface area contributed by atoms with E-state index < -0.39 is 0 Å². The number of nitrogens with one attached hydrogen (secondary N) is 1. The molecule has 1 aliphatic rings. The fourth-order valence-corrected chi connectivity index (χ4v) is 2.15. The van der Waals surface area contributed by atoms with Crippen LogP contribution in [0.15, 0.2) is 18.2 Å². The first-order valence-electron chi connectivity index (χ1n) is 6.46. The highest BCUT2D eigenvalue weighted by atomic mass is 16.5. The summed E-state index contributed by atoms with van der Waals surface area (Å²) < 4.78 is 5.48. The van der Waals surface area contributed by atoms with E-state index in [0.29, 0.717) is 6.61 Å². The molecular weight excluding hydrogens is 228 g/mol. The van der Waals surface area contributed by atoms with Gasteiger partial charge >= 0.3 is 0 Å². The van der Waals surface area contributed by atoms with Gasteiger partial charge in [-0.25, -0.2) is 0 Å². The summed E-state index contributed by atoms with van der Waals surface area (Å²) >= 11 is 0. The van der Waals surface area contributed by atoms with E-state index in [1.807, 2.05) is 36.9 Å². The number of rotatable bonds is 3. The van der Waals surface area contributed by atoms with Gasteiger partial charge < -0.3 is 15.0 Å². The van der Waals surface area contributed by atoms with Crippen LogP contribution in [0.1, 0.15) is 22.8 Å². The number of ether oxygens (including phenoxy) is 1. The second-order valence-corrected chi connectivity index (χ2v) is 4.46. The van der Waals surface area contributed by atoms with Crippen molar-refractivity contribution in [3.8, 4) is 5.75 Å². The predicted octanol–water partition coefficient (Wildman–Crippen LogP) is 1.44. The summed E-state index contributed by atoms with van der Waals surface area (Å²) in [4.78, 5) is 14.2. The van der Waals surface area contributed by atoms with Gasteiger partial charge in [-0.05, 0) is 37.6 Å². The zero-order valence-electron chi connectivity index (χ0n) is 11.0. The molecule has 4 nitrogen and oxygen atoms in total. The molecule has 0 radical (unpaired) electrons. The zero-order valence-corrected chi connectivity index (χ0v) is 11.0. The molecule has 0 aliphatic carbocycles. The van der Waals surface area contributed by atoms with Crippen LogP contribution in [0.2, 0.25) is 0 Å². The lowest BCUT2D eigenvalue weighted by Crippen LogP contribution is -2.46. The maximum absolute atomic E-state index is 12.3. The lowest BCUT2D eigenvalue weighted by atomic mass is 10.1. The van der Waals surface area contributed by atoms with Crippen LogP contribution in [0.5, 0.6) is 5.75 Å². The number of piperazine rings is 1. The van der Waals surface area contributed by atoms with Crippen LogP contribution < -0.4 is 10.1 Å². The van der Waals surface area contributed by atoms with Crippen molar-refractivity contribution in [1.82, 2.24) is 10.2 Å². The maximum atomic E-state index is 12.3. The monoisotopic (exact) mass is 248 g/mol. The van der Waals surface area contributed by atoms with Crippen LogP contribution in [0.3, 0.4) is 0 Å². The fourth-order valence-electron chi connectivity index (χ4n) is 2.15. The summed E-state index contributed by atoms with van der Waals surface area (Å²) in [5.41, 5.74) is 1.76. The van der Waals surface area contributed by atoms with Crippen molar-refractivity contribution in [2.24, 2.45) is 0 Å². The highest BCUT2D eigenvalue weighted by Crippen LogP contribution is 2.20. The molecule has 1 aromatic carbocycles. The Morgan fingerprint density at radius 3 is 2.72 bits per heavy atom. The molecule has 0 bridgehead atoms. The quantitative estimate of drug-likeness (QED) is 0.880. The van der Waals surface area contributed by atoms with E-state index in [1.165, 1.54) is 0 Å². The molecule has 98 valence electrons. The summed E-state index contributed by atoms with van der Waals surface area (Å²) in [5.74, 6) is 0.969. The molecule has 1 heterocycles. The SMILES string of the molecule is CCOc1ccc(C(=O)N2CCNCC2)cc1C. The minimum atomic E-state index is 0.114. The van der Waals surface area contributed by atoms with Crippen molar-refractivity contribution in [1.29, 1.82) is 0 Å². The van der Waals surface area contributed by atoms with Gasteiger partial charge in [-0.3, -0.25) is 4.79 Å².